The molecular weight excluding hydrogens is 473 g/mol. The van der Waals surface area contributed by atoms with Crippen LogP contribution in [0, 0.1) is 11.6 Å². The van der Waals surface area contributed by atoms with E-state index >= 15 is 0 Å². The summed E-state index contributed by atoms with van der Waals surface area (Å²) in [6.07, 6.45) is -7.00. The molecule has 3 aromatic carbocycles. The van der Waals surface area contributed by atoms with Crippen LogP contribution in [-0.4, -0.2) is 29.8 Å². The topological polar surface area (TPSA) is 75.6 Å². The molecule has 0 spiro atoms. The number of fused-ring (bicyclic) bond motifs is 3. The average molecular weight is 491 g/mol. The van der Waals surface area contributed by atoms with E-state index in [-0.39, 0.29) is 18.1 Å². The molecule has 0 heterocycles. The fourth-order valence-corrected chi connectivity index (χ4v) is 4.23. The van der Waals surface area contributed by atoms with E-state index < -0.39 is 47.9 Å². The smallest absolute Gasteiger partial charge is 0.422 e. The first-order valence-corrected chi connectivity index (χ1v) is 10.5. The van der Waals surface area contributed by atoms with Crippen LogP contribution in [0.2, 0.25) is 0 Å². The number of carboxylic acids is 1. The van der Waals surface area contributed by atoms with Crippen LogP contribution in [0.1, 0.15) is 28.2 Å². The molecule has 1 amide bonds. The molecule has 182 valence electrons. The van der Waals surface area contributed by atoms with Crippen molar-refractivity contribution in [1.82, 2.24) is 5.32 Å². The Morgan fingerprint density at radius 3 is 1.94 bits per heavy atom. The van der Waals surface area contributed by atoms with Gasteiger partial charge in [0.05, 0.1) is 0 Å². The first kappa shape index (κ1) is 24.2. The van der Waals surface area contributed by atoms with Crippen LogP contribution in [0.15, 0.2) is 60.7 Å². The number of alkyl halides is 3. The highest BCUT2D eigenvalue weighted by Crippen LogP contribution is 2.44. The summed E-state index contributed by atoms with van der Waals surface area (Å²) in [5, 5.41) is 11.5. The minimum atomic E-state index is -5.25. The molecule has 0 aliphatic heterocycles. The minimum absolute atomic E-state index is 0.101. The normalized spacial score (nSPS) is 13.6. The van der Waals surface area contributed by atoms with E-state index in [1.165, 1.54) is 0 Å². The van der Waals surface area contributed by atoms with Crippen LogP contribution in [-0.2, 0) is 22.1 Å². The molecule has 10 heteroatoms. The fourth-order valence-electron chi connectivity index (χ4n) is 4.23. The zero-order valence-corrected chi connectivity index (χ0v) is 17.9. The highest BCUT2D eigenvalue weighted by molar-refractivity contribution is 5.81. The number of rotatable bonds is 6. The lowest BCUT2D eigenvalue weighted by Crippen LogP contribution is -2.43. The van der Waals surface area contributed by atoms with Crippen LogP contribution in [0.25, 0.3) is 11.1 Å². The van der Waals surface area contributed by atoms with Gasteiger partial charge in [0.2, 0.25) is 0 Å². The van der Waals surface area contributed by atoms with Gasteiger partial charge < -0.3 is 15.2 Å². The van der Waals surface area contributed by atoms with Crippen LogP contribution in [0.5, 0.6) is 0 Å². The minimum Gasteiger partial charge on any atom is -0.480 e. The Labute approximate surface area is 196 Å². The SMILES string of the molecule is O=C(NC(Cc1cc(F)c(C(F)(F)F)c(F)c1)C(=O)O)OCC1c2ccccc2-c2ccccc21. The molecule has 0 saturated carbocycles. The highest BCUT2D eigenvalue weighted by Gasteiger charge is 2.38. The van der Waals surface area contributed by atoms with E-state index in [0.717, 1.165) is 22.3 Å². The number of carbonyl (C=O) groups is 2. The van der Waals surface area contributed by atoms with Crippen molar-refractivity contribution in [3.63, 3.8) is 0 Å². The number of nitrogens with one attached hydrogen (secondary N) is 1. The summed E-state index contributed by atoms with van der Waals surface area (Å²) in [5.41, 5.74) is 1.41. The van der Waals surface area contributed by atoms with Crippen LogP contribution >= 0.6 is 0 Å². The summed E-state index contributed by atoms with van der Waals surface area (Å²) in [6, 6.07) is 14.2. The predicted octanol–water partition coefficient (Wildman–Crippen LogP) is 5.52. The van der Waals surface area contributed by atoms with E-state index in [0.29, 0.717) is 12.1 Å². The van der Waals surface area contributed by atoms with Crippen molar-refractivity contribution in [2.45, 2.75) is 24.6 Å². The Bertz CT molecular complexity index is 1220. The van der Waals surface area contributed by atoms with Gasteiger partial charge in [-0.15, -0.1) is 0 Å². The summed E-state index contributed by atoms with van der Waals surface area (Å²) in [6.45, 7) is -0.101. The fraction of sp³-hybridized carbons (Fsp3) is 0.200. The molecule has 1 atom stereocenters. The highest BCUT2D eigenvalue weighted by atomic mass is 19.4. The molecule has 0 radical (unpaired) electrons. The zero-order valence-electron chi connectivity index (χ0n) is 17.9. The molecule has 1 aliphatic carbocycles. The summed E-state index contributed by atoms with van der Waals surface area (Å²) in [4.78, 5) is 23.9. The van der Waals surface area contributed by atoms with Crippen LogP contribution < -0.4 is 5.32 Å². The summed E-state index contributed by atoms with van der Waals surface area (Å²) < 4.78 is 71.2. The molecular formula is C25H18F5NO4. The number of carboxylic acid groups (broad SMARTS) is 1. The Hall–Kier alpha value is -3.95. The molecule has 0 bridgehead atoms. The lowest BCUT2D eigenvalue weighted by molar-refractivity contribution is -0.142. The molecule has 1 unspecified atom stereocenters. The first-order chi connectivity index (χ1) is 16.6. The van der Waals surface area contributed by atoms with Gasteiger partial charge in [0.15, 0.2) is 0 Å². The number of hydrogen-bond donors (Lipinski definition) is 2. The van der Waals surface area contributed by atoms with Crippen molar-refractivity contribution in [2.75, 3.05) is 6.61 Å². The third-order valence-electron chi connectivity index (χ3n) is 5.76. The molecule has 3 aromatic rings. The maximum atomic E-state index is 13.8. The predicted molar refractivity (Wildman–Crippen MR) is 115 cm³/mol. The second kappa shape index (κ2) is 9.36. The van der Waals surface area contributed by atoms with Gasteiger partial charge in [-0.05, 0) is 39.9 Å². The van der Waals surface area contributed by atoms with Gasteiger partial charge >= 0.3 is 18.2 Å². The van der Waals surface area contributed by atoms with Gasteiger partial charge in [0.25, 0.3) is 0 Å². The Morgan fingerprint density at radius 1 is 0.943 bits per heavy atom. The molecule has 0 fully saturated rings. The monoisotopic (exact) mass is 491 g/mol. The largest absolute Gasteiger partial charge is 0.480 e. The van der Waals surface area contributed by atoms with Crippen LogP contribution in [0.4, 0.5) is 26.7 Å². The summed E-state index contributed by atoms with van der Waals surface area (Å²) in [7, 11) is 0. The van der Waals surface area contributed by atoms with E-state index in [9.17, 15) is 36.6 Å². The van der Waals surface area contributed by atoms with E-state index in [2.05, 4.69) is 5.32 Å². The van der Waals surface area contributed by atoms with E-state index in [4.69, 9.17) is 4.74 Å². The molecule has 5 nitrogen and oxygen atoms in total. The quantitative estimate of drug-likeness (QED) is 0.446. The van der Waals surface area contributed by atoms with Gasteiger partial charge in [-0.3, -0.25) is 0 Å². The van der Waals surface area contributed by atoms with Gasteiger partial charge in [0, 0.05) is 12.3 Å². The number of carbonyl (C=O) groups excluding carboxylic acids is 1. The lowest BCUT2D eigenvalue weighted by Gasteiger charge is -2.18. The number of alkyl carbamates (subject to hydrolysis) is 1. The molecule has 0 saturated heterocycles. The van der Waals surface area contributed by atoms with Crippen LogP contribution in [0.3, 0.4) is 0 Å². The number of aliphatic carboxylic acids is 1. The Kier molecular flexibility index (Phi) is 6.47. The number of halogens is 5. The third-order valence-corrected chi connectivity index (χ3v) is 5.76. The standard InChI is InChI=1S/C25H18F5NO4/c26-19-9-13(10-20(27)22(19)25(28,29)30)11-21(23(32)33)31-24(34)35-12-18-16-7-3-1-5-14(16)15-6-2-4-8-17(15)18/h1-10,18,21H,11-12H2,(H,31,34)(H,32,33). The van der Waals surface area contributed by atoms with Crippen molar-refractivity contribution in [3.8, 4) is 11.1 Å². The number of benzene rings is 3. The maximum absolute atomic E-state index is 13.8. The number of ether oxygens (including phenoxy) is 1. The van der Waals surface area contributed by atoms with Gasteiger partial charge in [-0.25, -0.2) is 18.4 Å². The van der Waals surface area contributed by atoms with Gasteiger partial charge in [-0.1, -0.05) is 48.5 Å². The van der Waals surface area contributed by atoms with Gasteiger partial charge in [-0.2, -0.15) is 13.2 Å². The zero-order chi connectivity index (χ0) is 25.3. The Morgan fingerprint density at radius 2 is 1.46 bits per heavy atom. The second-order valence-corrected chi connectivity index (χ2v) is 8.00. The van der Waals surface area contributed by atoms with Crippen molar-refractivity contribution >= 4 is 12.1 Å². The second-order valence-electron chi connectivity index (χ2n) is 8.00. The average Bonchev–Trinajstić information content (AvgIpc) is 3.09. The Balaban J connectivity index is 1.45. The van der Waals surface area contributed by atoms with Crippen molar-refractivity contribution in [3.05, 3.63) is 94.6 Å². The summed E-state index contributed by atoms with van der Waals surface area (Å²) in [5.74, 6) is -5.59. The number of amides is 1. The van der Waals surface area contributed by atoms with Crippen molar-refractivity contribution < 1.29 is 41.4 Å². The van der Waals surface area contributed by atoms with Crippen molar-refractivity contribution in [1.29, 1.82) is 0 Å². The molecule has 1 aliphatic rings. The lowest BCUT2D eigenvalue weighted by atomic mass is 9.98. The third kappa shape index (κ3) is 4.96. The van der Waals surface area contributed by atoms with Gasteiger partial charge in [0.1, 0.15) is 29.8 Å². The van der Waals surface area contributed by atoms with E-state index in [1.807, 2.05) is 48.5 Å². The van der Waals surface area contributed by atoms with Crippen molar-refractivity contribution in [2.24, 2.45) is 0 Å². The molecule has 0 aromatic heterocycles. The number of hydrogen-bond acceptors (Lipinski definition) is 3. The summed E-state index contributed by atoms with van der Waals surface area (Å²) >= 11 is 0. The molecule has 35 heavy (non-hydrogen) atoms. The maximum Gasteiger partial charge on any atom is 0.422 e. The first-order valence-electron chi connectivity index (χ1n) is 10.5. The van der Waals surface area contributed by atoms with E-state index in [1.54, 1.807) is 0 Å². The molecule has 2 N–H and O–H groups in total. The molecule has 4 rings (SSSR count).